The molecule has 2 aliphatic rings. The first-order valence-corrected chi connectivity index (χ1v) is 10.3. The second-order valence-corrected chi connectivity index (χ2v) is 8.33. The molecule has 2 amide bonds. The molecule has 1 fully saturated rings. The standard InChI is InChI=1S/C20H28N8O2/c1-12(2)21-17(29)11-26-5-7-27(8-6-26)18-19-23-24-25-28(19)16-10-14(4)13(3)9-15(16)22-20(18)30/h9-10,12,18H,5-8,11H2,1-4H3,(H,21,29)(H,22,30). The van der Waals surface area contributed by atoms with Gasteiger partial charge in [-0.05, 0) is 61.4 Å². The summed E-state index contributed by atoms with van der Waals surface area (Å²) in [7, 11) is 0. The van der Waals surface area contributed by atoms with Gasteiger partial charge in [0.25, 0.3) is 0 Å². The molecule has 10 nitrogen and oxygen atoms in total. The van der Waals surface area contributed by atoms with Crippen LogP contribution < -0.4 is 10.6 Å². The lowest BCUT2D eigenvalue weighted by Gasteiger charge is -2.37. The smallest absolute Gasteiger partial charge is 0.249 e. The molecule has 2 aromatic rings. The van der Waals surface area contributed by atoms with E-state index in [4.69, 9.17) is 0 Å². The Bertz CT molecular complexity index is 962. The van der Waals surface area contributed by atoms with E-state index in [2.05, 4.69) is 36.0 Å². The van der Waals surface area contributed by atoms with Crippen LogP contribution in [-0.2, 0) is 9.59 Å². The zero-order valence-electron chi connectivity index (χ0n) is 17.8. The molecule has 0 bridgehead atoms. The monoisotopic (exact) mass is 412 g/mol. The lowest BCUT2D eigenvalue weighted by atomic mass is 10.1. The Kier molecular flexibility index (Phi) is 5.52. The van der Waals surface area contributed by atoms with Gasteiger partial charge in [-0.1, -0.05) is 0 Å². The molecule has 1 saturated heterocycles. The largest absolute Gasteiger partial charge is 0.353 e. The summed E-state index contributed by atoms with van der Waals surface area (Å²) in [6.45, 7) is 11.0. The number of piperazine rings is 1. The molecular formula is C20H28N8O2. The van der Waals surface area contributed by atoms with Crippen molar-refractivity contribution in [1.82, 2.24) is 35.3 Å². The number of nitrogens with zero attached hydrogens (tertiary/aromatic N) is 6. The molecular weight excluding hydrogens is 384 g/mol. The zero-order chi connectivity index (χ0) is 21.4. The maximum absolute atomic E-state index is 13.2. The predicted molar refractivity (Wildman–Crippen MR) is 111 cm³/mol. The van der Waals surface area contributed by atoms with Crippen molar-refractivity contribution in [3.8, 4) is 5.69 Å². The lowest BCUT2D eigenvalue weighted by molar-refractivity contribution is -0.125. The van der Waals surface area contributed by atoms with Crippen LogP contribution in [0.2, 0.25) is 0 Å². The van der Waals surface area contributed by atoms with Gasteiger partial charge < -0.3 is 10.6 Å². The third-order valence-electron chi connectivity index (χ3n) is 5.67. The van der Waals surface area contributed by atoms with Crippen molar-refractivity contribution in [3.05, 3.63) is 29.1 Å². The summed E-state index contributed by atoms with van der Waals surface area (Å²) in [5, 5.41) is 18.2. The number of amides is 2. The van der Waals surface area contributed by atoms with E-state index in [1.54, 1.807) is 4.68 Å². The van der Waals surface area contributed by atoms with Crippen molar-refractivity contribution in [3.63, 3.8) is 0 Å². The minimum Gasteiger partial charge on any atom is -0.353 e. The summed E-state index contributed by atoms with van der Waals surface area (Å²) < 4.78 is 1.66. The van der Waals surface area contributed by atoms with Crippen LogP contribution in [0.3, 0.4) is 0 Å². The van der Waals surface area contributed by atoms with Crippen molar-refractivity contribution < 1.29 is 9.59 Å². The molecule has 0 radical (unpaired) electrons. The fourth-order valence-corrected chi connectivity index (χ4v) is 4.01. The normalized spacial score (nSPS) is 19.8. The average Bonchev–Trinajstić information content (AvgIpc) is 3.10. The molecule has 2 aliphatic heterocycles. The summed E-state index contributed by atoms with van der Waals surface area (Å²) in [5.41, 5.74) is 3.69. The van der Waals surface area contributed by atoms with E-state index in [1.807, 2.05) is 39.8 Å². The van der Waals surface area contributed by atoms with Crippen molar-refractivity contribution >= 4 is 17.5 Å². The number of aromatic nitrogens is 4. The van der Waals surface area contributed by atoms with Gasteiger partial charge in [0.05, 0.1) is 17.9 Å². The first kappa shape index (κ1) is 20.4. The molecule has 2 N–H and O–H groups in total. The SMILES string of the molecule is Cc1cc2c(cc1C)-n1nnnc1C(N1CCN(CC(=O)NC(C)C)CC1)C(=O)N2. The highest BCUT2D eigenvalue weighted by atomic mass is 16.2. The van der Waals surface area contributed by atoms with Gasteiger partial charge in [0.15, 0.2) is 11.9 Å². The fraction of sp³-hybridized carbons (Fsp3) is 0.550. The minimum atomic E-state index is -0.584. The maximum atomic E-state index is 13.2. The Labute approximate surface area is 175 Å². The van der Waals surface area contributed by atoms with Crippen LogP contribution >= 0.6 is 0 Å². The summed E-state index contributed by atoms with van der Waals surface area (Å²) in [6.07, 6.45) is 0. The van der Waals surface area contributed by atoms with E-state index < -0.39 is 6.04 Å². The highest BCUT2D eigenvalue weighted by Gasteiger charge is 2.38. The summed E-state index contributed by atoms with van der Waals surface area (Å²) >= 11 is 0. The zero-order valence-corrected chi connectivity index (χ0v) is 17.8. The molecule has 0 aliphatic carbocycles. The van der Waals surface area contributed by atoms with Crippen LogP contribution in [-0.4, -0.2) is 80.6 Å². The molecule has 0 spiro atoms. The molecule has 160 valence electrons. The Morgan fingerprint density at radius 2 is 1.90 bits per heavy atom. The van der Waals surface area contributed by atoms with Crippen LogP contribution in [0.25, 0.3) is 5.69 Å². The van der Waals surface area contributed by atoms with Crippen molar-refractivity contribution in [2.24, 2.45) is 0 Å². The molecule has 0 saturated carbocycles. The van der Waals surface area contributed by atoms with Crippen LogP contribution in [0.5, 0.6) is 0 Å². The highest BCUT2D eigenvalue weighted by molar-refractivity contribution is 5.98. The number of hydrogen-bond acceptors (Lipinski definition) is 7. The van der Waals surface area contributed by atoms with Crippen molar-refractivity contribution in [2.45, 2.75) is 39.8 Å². The predicted octanol–water partition coefficient (Wildman–Crippen LogP) is 0.415. The van der Waals surface area contributed by atoms with Crippen molar-refractivity contribution in [1.29, 1.82) is 0 Å². The molecule has 4 rings (SSSR count). The number of anilines is 1. The summed E-state index contributed by atoms with van der Waals surface area (Å²) in [5.74, 6) is 0.398. The molecule has 30 heavy (non-hydrogen) atoms. The van der Waals surface area contributed by atoms with Gasteiger partial charge in [-0.25, -0.2) is 0 Å². The van der Waals surface area contributed by atoms with Crippen LogP contribution in [0.15, 0.2) is 12.1 Å². The Balaban J connectivity index is 1.53. The number of rotatable bonds is 4. The highest BCUT2D eigenvalue weighted by Crippen LogP contribution is 2.32. The van der Waals surface area contributed by atoms with E-state index >= 15 is 0 Å². The minimum absolute atomic E-state index is 0.0239. The van der Waals surface area contributed by atoms with E-state index in [0.29, 0.717) is 44.2 Å². The molecule has 1 atom stereocenters. The number of hydrogen-bond donors (Lipinski definition) is 2. The van der Waals surface area contributed by atoms with Crippen LogP contribution in [0, 0.1) is 13.8 Å². The average molecular weight is 412 g/mol. The third kappa shape index (κ3) is 3.92. The van der Waals surface area contributed by atoms with E-state index in [0.717, 1.165) is 16.8 Å². The van der Waals surface area contributed by atoms with Crippen molar-refractivity contribution in [2.75, 3.05) is 38.0 Å². The molecule has 3 heterocycles. The number of nitrogens with one attached hydrogen (secondary N) is 2. The van der Waals surface area contributed by atoms with E-state index in [1.165, 1.54) is 0 Å². The van der Waals surface area contributed by atoms with Gasteiger partial charge in [0.1, 0.15) is 0 Å². The van der Waals surface area contributed by atoms with Gasteiger partial charge in [0.2, 0.25) is 11.8 Å². The molecule has 1 aromatic carbocycles. The number of carbonyl (C=O) groups is 2. The Morgan fingerprint density at radius 1 is 1.20 bits per heavy atom. The summed E-state index contributed by atoms with van der Waals surface area (Å²) in [6, 6.07) is 3.50. The molecule has 1 unspecified atom stereocenters. The molecule has 10 heteroatoms. The lowest BCUT2D eigenvalue weighted by Crippen LogP contribution is -2.52. The fourth-order valence-electron chi connectivity index (χ4n) is 4.01. The number of tetrazole rings is 1. The second-order valence-electron chi connectivity index (χ2n) is 8.33. The second kappa shape index (κ2) is 8.11. The van der Waals surface area contributed by atoms with E-state index in [-0.39, 0.29) is 17.9 Å². The first-order valence-electron chi connectivity index (χ1n) is 10.3. The van der Waals surface area contributed by atoms with Crippen LogP contribution in [0.4, 0.5) is 5.69 Å². The molecule has 1 aromatic heterocycles. The number of aryl methyl sites for hydroxylation is 2. The first-order chi connectivity index (χ1) is 14.3. The van der Waals surface area contributed by atoms with Crippen LogP contribution in [0.1, 0.15) is 36.8 Å². The van der Waals surface area contributed by atoms with Gasteiger partial charge in [-0.3, -0.25) is 19.4 Å². The third-order valence-corrected chi connectivity index (χ3v) is 5.67. The number of benzene rings is 1. The Morgan fingerprint density at radius 3 is 2.60 bits per heavy atom. The van der Waals surface area contributed by atoms with Gasteiger partial charge in [-0.15, -0.1) is 5.10 Å². The van der Waals surface area contributed by atoms with Gasteiger partial charge in [-0.2, -0.15) is 4.68 Å². The van der Waals surface area contributed by atoms with Gasteiger partial charge >= 0.3 is 0 Å². The number of fused-ring (bicyclic) bond motifs is 3. The van der Waals surface area contributed by atoms with E-state index in [9.17, 15) is 9.59 Å². The summed E-state index contributed by atoms with van der Waals surface area (Å²) in [4.78, 5) is 29.4. The topological polar surface area (TPSA) is 108 Å². The quantitative estimate of drug-likeness (QED) is 0.749. The maximum Gasteiger partial charge on any atom is 0.249 e. The van der Waals surface area contributed by atoms with Gasteiger partial charge in [0, 0.05) is 32.2 Å². The number of carbonyl (C=O) groups excluding carboxylic acids is 2. The Hall–Kier alpha value is -2.85.